The highest BCUT2D eigenvalue weighted by Crippen LogP contribution is 2.35. The van der Waals surface area contributed by atoms with Crippen molar-refractivity contribution in [2.24, 2.45) is 5.92 Å². The lowest BCUT2D eigenvalue weighted by molar-refractivity contribution is -0.137. The molecule has 0 atom stereocenters. The zero-order valence-corrected chi connectivity index (χ0v) is 13.4. The van der Waals surface area contributed by atoms with Crippen molar-refractivity contribution in [1.29, 1.82) is 0 Å². The fourth-order valence-corrected chi connectivity index (χ4v) is 3.66. The third kappa shape index (κ3) is 3.61. The second kappa shape index (κ2) is 5.85. The van der Waals surface area contributed by atoms with Gasteiger partial charge in [-0.3, -0.25) is 0 Å². The van der Waals surface area contributed by atoms with E-state index in [9.17, 15) is 13.2 Å². The minimum absolute atomic E-state index is 0.468. The van der Waals surface area contributed by atoms with Crippen LogP contribution in [0.1, 0.15) is 24.3 Å². The summed E-state index contributed by atoms with van der Waals surface area (Å²) in [5, 5.41) is 0. The van der Waals surface area contributed by atoms with Gasteiger partial charge in [-0.05, 0) is 40.4 Å². The van der Waals surface area contributed by atoms with Crippen LogP contribution in [0.2, 0.25) is 0 Å². The number of rotatable bonds is 3. The third-order valence-corrected chi connectivity index (χ3v) is 4.28. The summed E-state index contributed by atoms with van der Waals surface area (Å²) in [5.41, 5.74) is 0.848. The van der Waals surface area contributed by atoms with Crippen LogP contribution in [0, 0.1) is 5.92 Å². The molecule has 0 radical (unpaired) electrons. The summed E-state index contributed by atoms with van der Waals surface area (Å²) in [7, 11) is 0. The van der Waals surface area contributed by atoms with Gasteiger partial charge in [0.1, 0.15) is 0 Å². The second-order valence-electron chi connectivity index (χ2n) is 4.91. The predicted molar refractivity (Wildman–Crippen MR) is 78.8 cm³/mol. The summed E-state index contributed by atoms with van der Waals surface area (Å²) in [6.45, 7) is 4.20. The Balaban J connectivity index is 2.36. The van der Waals surface area contributed by atoms with Crippen molar-refractivity contribution in [1.82, 2.24) is 4.98 Å². The number of halogens is 4. The van der Waals surface area contributed by atoms with Crippen molar-refractivity contribution in [3.05, 3.63) is 38.6 Å². The summed E-state index contributed by atoms with van der Waals surface area (Å²) in [5.74, 6) is 0.468. The first-order chi connectivity index (χ1) is 9.27. The van der Waals surface area contributed by atoms with Gasteiger partial charge in [-0.15, -0.1) is 11.3 Å². The van der Waals surface area contributed by atoms with E-state index in [0.717, 1.165) is 38.6 Å². The van der Waals surface area contributed by atoms with Gasteiger partial charge in [0, 0.05) is 10.4 Å². The minimum atomic E-state index is -4.30. The lowest BCUT2D eigenvalue weighted by atomic mass is 10.0. The average molecular weight is 364 g/mol. The number of thiazole rings is 1. The van der Waals surface area contributed by atoms with Gasteiger partial charge >= 0.3 is 6.18 Å². The van der Waals surface area contributed by atoms with Crippen LogP contribution in [-0.4, -0.2) is 4.98 Å². The van der Waals surface area contributed by atoms with Crippen molar-refractivity contribution in [2.45, 2.75) is 26.4 Å². The molecule has 1 aromatic heterocycles. The highest BCUT2D eigenvalue weighted by Gasteiger charge is 2.30. The number of aromatic nitrogens is 1. The van der Waals surface area contributed by atoms with Crippen LogP contribution in [0.25, 0.3) is 11.3 Å². The van der Waals surface area contributed by atoms with Crippen LogP contribution >= 0.6 is 27.3 Å². The quantitative estimate of drug-likeness (QED) is 0.672. The van der Waals surface area contributed by atoms with E-state index in [2.05, 4.69) is 34.8 Å². The molecule has 0 fully saturated rings. The molecule has 0 amide bonds. The number of hydrogen-bond donors (Lipinski definition) is 0. The SMILES string of the molecule is CC(C)Cc1sc(Br)nc1-c1ccc(C(F)(F)F)cc1. The molecule has 0 spiro atoms. The Morgan fingerprint density at radius 1 is 1.20 bits per heavy atom. The molecule has 108 valence electrons. The van der Waals surface area contributed by atoms with Gasteiger partial charge in [0.25, 0.3) is 0 Å². The van der Waals surface area contributed by atoms with Gasteiger partial charge in [-0.2, -0.15) is 13.2 Å². The Morgan fingerprint density at radius 2 is 1.80 bits per heavy atom. The molecule has 0 aliphatic rings. The lowest BCUT2D eigenvalue weighted by Gasteiger charge is -2.08. The summed E-state index contributed by atoms with van der Waals surface area (Å²) in [6, 6.07) is 5.16. The van der Waals surface area contributed by atoms with Crippen LogP contribution in [-0.2, 0) is 12.6 Å². The molecule has 1 aromatic carbocycles. The largest absolute Gasteiger partial charge is 0.416 e. The standard InChI is InChI=1S/C14H13BrF3NS/c1-8(2)7-11-12(19-13(15)20-11)9-3-5-10(6-4-9)14(16,17)18/h3-6,8H,7H2,1-2H3. The summed E-state index contributed by atoms with van der Waals surface area (Å²) >= 11 is 4.87. The molecule has 0 N–H and O–H groups in total. The molecule has 2 rings (SSSR count). The van der Waals surface area contributed by atoms with E-state index in [1.165, 1.54) is 23.5 Å². The monoisotopic (exact) mass is 363 g/mol. The first kappa shape index (κ1) is 15.5. The van der Waals surface area contributed by atoms with E-state index in [1.54, 1.807) is 0 Å². The Hall–Kier alpha value is -0.880. The molecular weight excluding hydrogens is 351 g/mol. The molecule has 0 unspecified atom stereocenters. The molecule has 2 aromatic rings. The Bertz CT molecular complexity index is 587. The van der Waals surface area contributed by atoms with Crippen LogP contribution < -0.4 is 0 Å². The fourth-order valence-electron chi connectivity index (χ4n) is 1.87. The van der Waals surface area contributed by atoms with Crippen LogP contribution in [0.5, 0.6) is 0 Å². The van der Waals surface area contributed by atoms with Crippen molar-refractivity contribution in [3.8, 4) is 11.3 Å². The van der Waals surface area contributed by atoms with E-state index in [4.69, 9.17) is 0 Å². The van der Waals surface area contributed by atoms with Gasteiger partial charge in [-0.1, -0.05) is 26.0 Å². The van der Waals surface area contributed by atoms with Gasteiger partial charge in [-0.25, -0.2) is 4.98 Å². The number of benzene rings is 1. The maximum Gasteiger partial charge on any atom is 0.416 e. The Kier molecular flexibility index (Phi) is 4.54. The minimum Gasteiger partial charge on any atom is -0.229 e. The zero-order chi connectivity index (χ0) is 14.9. The predicted octanol–water partition coefficient (Wildman–Crippen LogP) is 5.79. The van der Waals surface area contributed by atoms with E-state index >= 15 is 0 Å². The first-order valence-electron chi connectivity index (χ1n) is 6.10. The van der Waals surface area contributed by atoms with Crippen molar-refractivity contribution in [2.75, 3.05) is 0 Å². The average Bonchev–Trinajstić information content (AvgIpc) is 2.68. The summed E-state index contributed by atoms with van der Waals surface area (Å²) in [4.78, 5) is 5.47. The van der Waals surface area contributed by atoms with Crippen molar-refractivity contribution in [3.63, 3.8) is 0 Å². The molecule has 0 aliphatic carbocycles. The maximum atomic E-state index is 12.6. The van der Waals surface area contributed by atoms with E-state index < -0.39 is 11.7 Å². The van der Waals surface area contributed by atoms with E-state index in [-0.39, 0.29) is 0 Å². The van der Waals surface area contributed by atoms with Crippen molar-refractivity contribution < 1.29 is 13.2 Å². The number of alkyl halides is 3. The third-order valence-electron chi connectivity index (χ3n) is 2.75. The highest BCUT2D eigenvalue weighted by molar-refractivity contribution is 9.11. The van der Waals surface area contributed by atoms with Crippen LogP contribution in [0.15, 0.2) is 28.2 Å². The highest BCUT2D eigenvalue weighted by atomic mass is 79.9. The normalized spacial score (nSPS) is 12.2. The molecule has 0 bridgehead atoms. The fraction of sp³-hybridized carbons (Fsp3) is 0.357. The van der Waals surface area contributed by atoms with Gasteiger partial charge in [0.15, 0.2) is 3.92 Å². The molecule has 0 aliphatic heterocycles. The molecule has 1 nitrogen and oxygen atoms in total. The number of hydrogen-bond acceptors (Lipinski definition) is 2. The van der Waals surface area contributed by atoms with Gasteiger partial charge in [0.2, 0.25) is 0 Å². The summed E-state index contributed by atoms with van der Waals surface area (Å²) in [6.07, 6.45) is -3.44. The topological polar surface area (TPSA) is 12.9 Å². The molecule has 6 heteroatoms. The first-order valence-corrected chi connectivity index (χ1v) is 7.71. The van der Waals surface area contributed by atoms with E-state index in [0.29, 0.717) is 5.92 Å². The second-order valence-corrected chi connectivity index (χ2v) is 7.27. The number of nitrogens with zero attached hydrogens (tertiary/aromatic N) is 1. The Morgan fingerprint density at radius 3 is 2.30 bits per heavy atom. The molecule has 0 saturated heterocycles. The van der Waals surface area contributed by atoms with Crippen LogP contribution in [0.4, 0.5) is 13.2 Å². The van der Waals surface area contributed by atoms with Gasteiger partial charge < -0.3 is 0 Å². The smallest absolute Gasteiger partial charge is 0.229 e. The van der Waals surface area contributed by atoms with Crippen molar-refractivity contribution >= 4 is 27.3 Å². The maximum absolute atomic E-state index is 12.6. The van der Waals surface area contributed by atoms with Crippen LogP contribution in [0.3, 0.4) is 0 Å². The molecular formula is C14H13BrF3NS. The molecule has 0 saturated carbocycles. The van der Waals surface area contributed by atoms with E-state index in [1.807, 2.05) is 0 Å². The molecule has 1 heterocycles. The lowest BCUT2D eigenvalue weighted by Crippen LogP contribution is -2.04. The van der Waals surface area contributed by atoms with Gasteiger partial charge in [0.05, 0.1) is 11.3 Å². The Labute approximate surface area is 128 Å². The summed E-state index contributed by atoms with van der Waals surface area (Å²) < 4.78 is 38.4. The molecule has 20 heavy (non-hydrogen) atoms. The zero-order valence-electron chi connectivity index (χ0n) is 11.0.